The van der Waals surface area contributed by atoms with Crippen LogP contribution >= 0.6 is 21.4 Å². The number of likely N-dealkylation sites (N-methyl/N-ethyl adjacent to an activating group) is 1. The summed E-state index contributed by atoms with van der Waals surface area (Å²) in [5.41, 5.74) is 8.63. The molecule has 35 heavy (non-hydrogen) atoms. The maximum atomic E-state index is 13.0. The van der Waals surface area contributed by atoms with E-state index in [1.165, 1.54) is 4.88 Å². The lowest BCUT2D eigenvalue weighted by Crippen LogP contribution is -2.28. The third-order valence-electron chi connectivity index (χ3n) is 6.53. The lowest BCUT2D eigenvalue weighted by Gasteiger charge is -2.28. The first-order chi connectivity index (χ1) is 16.7. The van der Waals surface area contributed by atoms with Gasteiger partial charge in [-0.25, -0.2) is 19.9 Å². The molecular formula is C24H32N8OS2. The van der Waals surface area contributed by atoms with E-state index >= 15 is 0 Å². The minimum Gasteiger partial charge on any atom is -0.382 e. The van der Waals surface area contributed by atoms with E-state index in [4.69, 9.17) is 5.73 Å². The fourth-order valence-corrected chi connectivity index (χ4v) is 6.15. The Morgan fingerprint density at radius 1 is 1.20 bits per heavy atom. The van der Waals surface area contributed by atoms with Crippen LogP contribution in [0, 0.1) is 17.1 Å². The molecule has 186 valence electrons. The number of rotatable bonds is 3. The summed E-state index contributed by atoms with van der Waals surface area (Å²) >= 11 is 1.61. The smallest absolute Gasteiger partial charge is 0.229 e. The number of carbonyl (C=O) groups is 1. The summed E-state index contributed by atoms with van der Waals surface area (Å²) in [7, 11) is 1.12. The topological polar surface area (TPSA) is 115 Å². The first-order valence-electron chi connectivity index (χ1n) is 11.9. The number of hydrogen-bond acceptors (Lipinski definition) is 8. The van der Waals surface area contributed by atoms with Crippen molar-refractivity contribution in [3.05, 3.63) is 22.7 Å². The second-order valence-electron chi connectivity index (χ2n) is 10.2. The molecule has 1 aliphatic heterocycles. The van der Waals surface area contributed by atoms with Gasteiger partial charge in [-0.1, -0.05) is 0 Å². The molecule has 3 aromatic rings. The van der Waals surface area contributed by atoms with Crippen LogP contribution in [0.5, 0.6) is 0 Å². The van der Waals surface area contributed by atoms with Crippen molar-refractivity contribution in [2.75, 3.05) is 43.4 Å². The van der Waals surface area contributed by atoms with Crippen molar-refractivity contribution in [2.45, 2.75) is 44.7 Å². The van der Waals surface area contributed by atoms with Crippen molar-refractivity contribution in [3.63, 3.8) is 0 Å². The number of nitrogen functional groups attached to an aromatic ring is 1. The van der Waals surface area contributed by atoms with E-state index in [0.717, 1.165) is 61.7 Å². The quantitative estimate of drug-likeness (QED) is 0.518. The van der Waals surface area contributed by atoms with Gasteiger partial charge < -0.3 is 20.5 Å². The number of anilines is 2. The van der Waals surface area contributed by atoms with E-state index in [-0.39, 0.29) is 17.9 Å². The maximum Gasteiger partial charge on any atom is 0.229 e. The van der Waals surface area contributed by atoms with Crippen LogP contribution in [-0.2, 0) is 17.8 Å². The molecule has 0 bridgehead atoms. The molecule has 0 atom stereocenters. The van der Waals surface area contributed by atoms with Crippen molar-refractivity contribution < 1.29 is 4.79 Å². The SMILES string of the molecule is CN1CCc2nc(NC(=O)[C@H]3CC[C@@H](n4cnc5c(N)nc(C#CS(C)(C)C)nc54)CC3)sc2C1. The first kappa shape index (κ1) is 24.0. The van der Waals surface area contributed by atoms with Gasteiger partial charge in [-0.15, -0.1) is 11.3 Å². The highest BCUT2D eigenvalue weighted by molar-refractivity contribution is 8.35. The number of nitrogens with zero attached hydrogens (tertiary/aromatic N) is 6. The van der Waals surface area contributed by atoms with Gasteiger partial charge in [0.15, 0.2) is 16.6 Å². The Labute approximate surface area is 211 Å². The van der Waals surface area contributed by atoms with E-state index in [9.17, 15) is 4.79 Å². The van der Waals surface area contributed by atoms with Crippen LogP contribution in [0.4, 0.5) is 10.9 Å². The molecule has 0 radical (unpaired) electrons. The molecule has 11 heteroatoms. The highest BCUT2D eigenvalue weighted by Crippen LogP contribution is 2.36. The Hall–Kier alpha value is -2.68. The minimum atomic E-state index is -0.994. The number of nitrogens with one attached hydrogen (secondary N) is 1. The van der Waals surface area contributed by atoms with Crippen LogP contribution in [0.25, 0.3) is 11.2 Å². The summed E-state index contributed by atoms with van der Waals surface area (Å²) in [4.78, 5) is 34.7. The zero-order valence-corrected chi connectivity index (χ0v) is 22.3. The number of carbonyl (C=O) groups excluding carboxylic acids is 1. The molecule has 1 amide bonds. The van der Waals surface area contributed by atoms with Gasteiger partial charge in [0.25, 0.3) is 0 Å². The third kappa shape index (κ3) is 5.29. The van der Waals surface area contributed by atoms with Crippen molar-refractivity contribution in [1.82, 2.24) is 29.4 Å². The number of nitrogens with two attached hydrogens (primary N) is 1. The average Bonchev–Trinajstić information content (AvgIpc) is 3.41. The Kier molecular flexibility index (Phi) is 6.46. The lowest BCUT2D eigenvalue weighted by atomic mass is 9.85. The summed E-state index contributed by atoms with van der Waals surface area (Å²) < 4.78 is 2.09. The van der Waals surface area contributed by atoms with Crippen LogP contribution in [-0.4, -0.2) is 67.7 Å². The third-order valence-corrected chi connectivity index (χ3v) is 8.24. The summed E-state index contributed by atoms with van der Waals surface area (Å²) in [5, 5.41) is 7.07. The zero-order valence-electron chi connectivity index (χ0n) is 20.7. The number of fused-ring (bicyclic) bond motifs is 2. The molecular weight excluding hydrogens is 480 g/mol. The van der Waals surface area contributed by atoms with Gasteiger partial charge in [0.05, 0.1) is 12.0 Å². The van der Waals surface area contributed by atoms with E-state index < -0.39 is 10.0 Å². The summed E-state index contributed by atoms with van der Waals surface area (Å²) in [6.07, 6.45) is 12.5. The number of thiazole rings is 1. The van der Waals surface area contributed by atoms with E-state index in [1.54, 1.807) is 17.7 Å². The lowest BCUT2D eigenvalue weighted by molar-refractivity contribution is -0.120. The van der Waals surface area contributed by atoms with Gasteiger partial charge >= 0.3 is 0 Å². The molecule has 0 aromatic carbocycles. The number of hydrogen-bond donors (Lipinski definition) is 2. The second-order valence-corrected chi connectivity index (χ2v) is 15.2. The predicted octanol–water partition coefficient (Wildman–Crippen LogP) is 3.23. The monoisotopic (exact) mass is 512 g/mol. The normalized spacial score (nSPS) is 21.3. The summed E-state index contributed by atoms with van der Waals surface area (Å²) in [5.74, 6) is 3.94. The van der Waals surface area contributed by atoms with Gasteiger partial charge in [-0.2, -0.15) is 10.0 Å². The molecule has 9 nitrogen and oxygen atoms in total. The minimum absolute atomic E-state index is 0.0134. The summed E-state index contributed by atoms with van der Waals surface area (Å²) in [6, 6.07) is 0.218. The largest absolute Gasteiger partial charge is 0.382 e. The molecule has 0 saturated heterocycles. The highest BCUT2D eigenvalue weighted by Gasteiger charge is 2.29. The fraction of sp³-hybridized carbons (Fsp3) is 0.542. The van der Waals surface area contributed by atoms with Gasteiger partial charge in [-0.05, 0) is 62.7 Å². The Balaban J connectivity index is 1.26. The molecule has 4 heterocycles. The van der Waals surface area contributed by atoms with Crippen LogP contribution in [0.2, 0.25) is 0 Å². The number of imidazole rings is 1. The van der Waals surface area contributed by atoms with Crippen molar-refractivity contribution in [3.8, 4) is 11.2 Å². The molecule has 3 N–H and O–H groups in total. The van der Waals surface area contributed by atoms with Crippen molar-refractivity contribution in [2.24, 2.45) is 5.92 Å². The van der Waals surface area contributed by atoms with E-state index in [0.29, 0.717) is 17.2 Å². The first-order valence-corrected chi connectivity index (χ1v) is 15.5. The Morgan fingerprint density at radius 3 is 2.71 bits per heavy atom. The predicted molar refractivity (Wildman–Crippen MR) is 144 cm³/mol. The number of amides is 1. The highest BCUT2D eigenvalue weighted by atomic mass is 32.3. The van der Waals surface area contributed by atoms with Gasteiger partial charge in [0.2, 0.25) is 11.7 Å². The van der Waals surface area contributed by atoms with Crippen LogP contribution in [0.3, 0.4) is 0 Å². The molecule has 0 spiro atoms. The second kappa shape index (κ2) is 9.41. The van der Waals surface area contributed by atoms with E-state index in [2.05, 4.69) is 71.7 Å². The maximum absolute atomic E-state index is 13.0. The van der Waals surface area contributed by atoms with Gasteiger partial charge in [-0.3, -0.25) is 4.79 Å². The molecule has 1 fully saturated rings. The Bertz CT molecular complexity index is 1320. The van der Waals surface area contributed by atoms with Crippen LogP contribution < -0.4 is 11.1 Å². The molecule has 5 rings (SSSR count). The molecule has 2 aliphatic rings. The Morgan fingerprint density at radius 2 is 1.97 bits per heavy atom. The van der Waals surface area contributed by atoms with Gasteiger partial charge in [0.1, 0.15) is 5.52 Å². The van der Waals surface area contributed by atoms with Crippen molar-refractivity contribution in [1.29, 1.82) is 0 Å². The van der Waals surface area contributed by atoms with E-state index in [1.807, 2.05) is 0 Å². The van der Waals surface area contributed by atoms with Crippen molar-refractivity contribution >= 4 is 49.4 Å². The molecule has 1 aliphatic carbocycles. The molecule has 3 aromatic heterocycles. The van der Waals surface area contributed by atoms with Crippen LogP contribution in [0.15, 0.2) is 6.33 Å². The van der Waals surface area contributed by atoms with Gasteiger partial charge in [0, 0.05) is 36.3 Å². The zero-order chi connectivity index (χ0) is 24.7. The van der Waals surface area contributed by atoms with Crippen LogP contribution in [0.1, 0.15) is 48.1 Å². The fourth-order valence-electron chi connectivity index (χ4n) is 4.66. The number of aromatic nitrogens is 5. The average molecular weight is 513 g/mol. The molecule has 1 saturated carbocycles. The standard InChI is InChI=1S/C24H32N8OS2/c1-31-11-9-17-18(13-31)34-24(27-17)30-23(33)15-5-7-16(8-6-15)32-14-26-20-21(25)28-19(29-22(20)32)10-12-35(2,3)4/h14-16H,5-9,11,13H2,1-4H3,(H2,25,28,29)(H,27,30,33)/t15-,16+. The summed E-state index contributed by atoms with van der Waals surface area (Å²) in [6.45, 7) is 1.92. The molecule has 0 unspecified atom stereocenters.